The Hall–Kier alpha value is -1.36. The summed E-state index contributed by atoms with van der Waals surface area (Å²) in [5.41, 5.74) is 0.905. The third-order valence-corrected chi connectivity index (χ3v) is 5.41. The van der Waals surface area contributed by atoms with E-state index in [2.05, 4.69) is 33.4 Å². The number of amides is 2. The molecule has 0 aromatic heterocycles. The molecule has 3 rings (SSSR count). The summed E-state index contributed by atoms with van der Waals surface area (Å²) in [5, 5.41) is 3.24. The van der Waals surface area contributed by atoms with Crippen molar-refractivity contribution >= 4 is 27.7 Å². The number of nitrogens with zero attached hydrogens (tertiary/aromatic N) is 1. The Morgan fingerprint density at radius 3 is 2.77 bits per heavy atom. The molecule has 1 atom stereocenters. The standard InChI is InChI=1S/C17H21BrN2O2/c1-2-20-11-12(9-15(20)21)16(22)19-17(7-4-8-17)13-5-3-6-14(18)10-13/h3,5-6,10,12H,2,4,7-9,11H2,1H3,(H,19,22)/t12-/m0/s1. The van der Waals surface area contributed by atoms with Crippen LogP contribution in [0.4, 0.5) is 0 Å². The maximum atomic E-state index is 12.6. The second kappa shape index (κ2) is 6.03. The molecule has 4 nitrogen and oxygen atoms in total. The van der Waals surface area contributed by atoms with E-state index in [-0.39, 0.29) is 23.3 Å². The lowest BCUT2D eigenvalue weighted by Crippen LogP contribution is -2.52. The highest BCUT2D eigenvalue weighted by atomic mass is 79.9. The molecule has 1 heterocycles. The van der Waals surface area contributed by atoms with Crippen molar-refractivity contribution in [2.45, 2.75) is 38.1 Å². The van der Waals surface area contributed by atoms with Crippen molar-refractivity contribution in [1.29, 1.82) is 0 Å². The van der Waals surface area contributed by atoms with Gasteiger partial charge in [0.1, 0.15) is 0 Å². The molecule has 0 unspecified atom stereocenters. The van der Waals surface area contributed by atoms with E-state index in [4.69, 9.17) is 0 Å². The first-order chi connectivity index (χ1) is 10.5. The first-order valence-corrected chi connectivity index (χ1v) is 8.69. The Labute approximate surface area is 139 Å². The van der Waals surface area contributed by atoms with E-state index in [1.165, 1.54) is 0 Å². The lowest BCUT2D eigenvalue weighted by molar-refractivity contribution is -0.130. The SMILES string of the molecule is CCN1C[C@@H](C(=O)NC2(c3cccc(Br)c3)CCC2)CC1=O. The number of benzene rings is 1. The number of likely N-dealkylation sites (tertiary alicyclic amines) is 1. The van der Waals surface area contributed by atoms with E-state index in [0.717, 1.165) is 29.3 Å². The summed E-state index contributed by atoms with van der Waals surface area (Å²) >= 11 is 3.50. The third-order valence-electron chi connectivity index (χ3n) is 4.91. The van der Waals surface area contributed by atoms with Crippen LogP contribution >= 0.6 is 15.9 Å². The fraction of sp³-hybridized carbons (Fsp3) is 0.529. The van der Waals surface area contributed by atoms with Gasteiger partial charge in [-0.05, 0) is 43.9 Å². The predicted octanol–water partition coefficient (Wildman–Crippen LogP) is 2.81. The van der Waals surface area contributed by atoms with E-state index in [1.807, 2.05) is 19.1 Å². The highest BCUT2D eigenvalue weighted by molar-refractivity contribution is 9.10. The Bertz CT molecular complexity index is 598. The number of carbonyl (C=O) groups excluding carboxylic acids is 2. The lowest BCUT2D eigenvalue weighted by Gasteiger charge is -2.43. The van der Waals surface area contributed by atoms with Crippen LogP contribution in [0.2, 0.25) is 0 Å². The molecule has 2 aliphatic rings. The number of carbonyl (C=O) groups is 2. The zero-order valence-corrected chi connectivity index (χ0v) is 14.4. The molecular formula is C17H21BrN2O2. The maximum absolute atomic E-state index is 12.6. The van der Waals surface area contributed by atoms with Crippen molar-refractivity contribution in [2.75, 3.05) is 13.1 Å². The average molecular weight is 365 g/mol. The largest absolute Gasteiger partial charge is 0.346 e. The fourth-order valence-corrected chi connectivity index (χ4v) is 3.79. The average Bonchev–Trinajstić information content (AvgIpc) is 2.84. The zero-order valence-electron chi connectivity index (χ0n) is 12.8. The second-order valence-corrected chi connectivity index (χ2v) is 7.18. The molecule has 5 heteroatoms. The highest BCUT2D eigenvalue weighted by Crippen LogP contribution is 2.42. The molecule has 0 bridgehead atoms. The van der Waals surface area contributed by atoms with E-state index in [0.29, 0.717) is 19.5 Å². The molecule has 22 heavy (non-hydrogen) atoms. The minimum absolute atomic E-state index is 0.0176. The molecule has 0 spiro atoms. The Balaban J connectivity index is 1.73. The molecule has 0 radical (unpaired) electrons. The van der Waals surface area contributed by atoms with Gasteiger partial charge in [-0.25, -0.2) is 0 Å². The summed E-state index contributed by atoms with van der Waals surface area (Å²) < 4.78 is 1.03. The first-order valence-electron chi connectivity index (χ1n) is 7.90. The van der Waals surface area contributed by atoms with Crippen LogP contribution in [0.25, 0.3) is 0 Å². The normalized spacial score (nSPS) is 23.3. The molecule has 1 saturated heterocycles. The van der Waals surface area contributed by atoms with Gasteiger partial charge in [-0.15, -0.1) is 0 Å². The van der Waals surface area contributed by atoms with E-state index < -0.39 is 0 Å². The molecule has 1 saturated carbocycles. The summed E-state index contributed by atoms with van der Waals surface area (Å²) in [7, 11) is 0. The van der Waals surface area contributed by atoms with Crippen LogP contribution in [0.3, 0.4) is 0 Å². The zero-order chi connectivity index (χ0) is 15.7. The molecule has 1 aromatic rings. The molecule has 2 fully saturated rings. The van der Waals surface area contributed by atoms with Gasteiger partial charge in [-0.2, -0.15) is 0 Å². The van der Waals surface area contributed by atoms with Crippen molar-refractivity contribution in [2.24, 2.45) is 5.92 Å². The molecule has 118 valence electrons. The molecule has 2 amide bonds. The summed E-state index contributed by atoms with van der Waals surface area (Å²) in [6, 6.07) is 8.15. The number of halogens is 1. The fourth-order valence-electron chi connectivity index (χ4n) is 3.39. The number of hydrogen-bond donors (Lipinski definition) is 1. The summed E-state index contributed by atoms with van der Waals surface area (Å²) in [4.78, 5) is 26.2. The number of nitrogens with one attached hydrogen (secondary N) is 1. The van der Waals surface area contributed by atoms with Crippen LogP contribution in [-0.2, 0) is 15.1 Å². The Kier molecular flexibility index (Phi) is 4.26. The predicted molar refractivity (Wildman–Crippen MR) is 88.2 cm³/mol. The van der Waals surface area contributed by atoms with Crippen molar-refractivity contribution in [1.82, 2.24) is 10.2 Å². The minimum Gasteiger partial charge on any atom is -0.346 e. The second-order valence-electron chi connectivity index (χ2n) is 6.27. The Morgan fingerprint density at radius 2 is 2.23 bits per heavy atom. The van der Waals surface area contributed by atoms with Gasteiger partial charge in [0.15, 0.2) is 0 Å². The molecule has 1 aliphatic carbocycles. The Morgan fingerprint density at radius 1 is 1.45 bits per heavy atom. The quantitative estimate of drug-likeness (QED) is 0.892. The van der Waals surface area contributed by atoms with E-state index in [9.17, 15) is 9.59 Å². The smallest absolute Gasteiger partial charge is 0.226 e. The maximum Gasteiger partial charge on any atom is 0.226 e. The van der Waals surface area contributed by atoms with Gasteiger partial charge < -0.3 is 10.2 Å². The highest BCUT2D eigenvalue weighted by Gasteiger charge is 2.43. The van der Waals surface area contributed by atoms with Gasteiger partial charge in [0, 0.05) is 24.0 Å². The van der Waals surface area contributed by atoms with E-state index in [1.54, 1.807) is 4.90 Å². The van der Waals surface area contributed by atoms with Crippen LogP contribution in [0.1, 0.15) is 38.2 Å². The minimum atomic E-state index is -0.246. The molecule has 1 N–H and O–H groups in total. The van der Waals surface area contributed by atoms with Crippen LogP contribution < -0.4 is 5.32 Å². The van der Waals surface area contributed by atoms with Gasteiger partial charge in [-0.1, -0.05) is 28.1 Å². The van der Waals surface area contributed by atoms with E-state index >= 15 is 0 Å². The van der Waals surface area contributed by atoms with Gasteiger partial charge in [0.25, 0.3) is 0 Å². The van der Waals surface area contributed by atoms with Crippen molar-refractivity contribution in [3.05, 3.63) is 34.3 Å². The topological polar surface area (TPSA) is 49.4 Å². The third kappa shape index (κ3) is 2.78. The van der Waals surface area contributed by atoms with Gasteiger partial charge >= 0.3 is 0 Å². The summed E-state index contributed by atoms with van der Waals surface area (Å²) in [6.07, 6.45) is 3.40. The summed E-state index contributed by atoms with van der Waals surface area (Å²) in [6.45, 7) is 3.18. The number of hydrogen-bond acceptors (Lipinski definition) is 2. The van der Waals surface area contributed by atoms with Crippen LogP contribution in [0, 0.1) is 5.92 Å². The molecule has 1 aliphatic heterocycles. The van der Waals surface area contributed by atoms with Gasteiger partial charge in [-0.3, -0.25) is 9.59 Å². The summed E-state index contributed by atoms with van der Waals surface area (Å²) in [5.74, 6) is -0.103. The van der Waals surface area contributed by atoms with Crippen LogP contribution in [-0.4, -0.2) is 29.8 Å². The van der Waals surface area contributed by atoms with Gasteiger partial charge in [0.05, 0.1) is 11.5 Å². The number of rotatable bonds is 4. The lowest BCUT2D eigenvalue weighted by atomic mass is 9.71. The first kappa shape index (κ1) is 15.5. The molecule has 1 aromatic carbocycles. The van der Waals surface area contributed by atoms with Gasteiger partial charge in [0.2, 0.25) is 11.8 Å². The van der Waals surface area contributed by atoms with Crippen molar-refractivity contribution in [3.63, 3.8) is 0 Å². The molecular weight excluding hydrogens is 344 g/mol. The van der Waals surface area contributed by atoms with Crippen LogP contribution in [0.15, 0.2) is 28.7 Å². The van der Waals surface area contributed by atoms with Crippen molar-refractivity contribution in [3.8, 4) is 0 Å². The monoisotopic (exact) mass is 364 g/mol. The van der Waals surface area contributed by atoms with Crippen LogP contribution in [0.5, 0.6) is 0 Å². The van der Waals surface area contributed by atoms with Crippen molar-refractivity contribution < 1.29 is 9.59 Å².